The molecule has 1 aromatic carbocycles. The van der Waals surface area contributed by atoms with Crippen LogP contribution in [0.3, 0.4) is 0 Å². The van der Waals surface area contributed by atoms with E-state index in [9.17, 15) is 9.59 Å². The van der Waals surface area contributed by atoms with E-state index >= 15 is 0 Å². The molecule has 3 aromatic rings. The van der Waals surface area contributed by atoms with E-state index in [0.29, 0.717) is 49.2 Å². The van der Waals surface area contributed by atoms with Crippen LogP contribution in [0.5, 0.6) is 0 Å². The molecule has 35 heavy (non-hydrogen) atoms. The monoisotopic (exact) mass is 527 g/mol. The maximum absolute atomic E-state index is 13.5. The number of carbonyl (C=O) groups excluding carboxylic acids is 2. The van der Waals surface area contributed by atoms with E-state index < -0.39 is 17.7 Å². The summed E-state index contributed by atoms with van der Waals surface area (Å²) in [6.45, 7) is 3.57. The Morgan fingerprint density at radius 1 is 0.714 bits per heavy atom. The fourth-order valence-corrected chi connectivity index (χ4v) is 4.20. The largest absolute Gasteiger partial charge is 0.362 e. The summed E-state index contributed by atoms with van der Waals surface area (Å²) in [5, 5.41) is 10.2. The number of hydrogen-bond donors (Lipinski definition) is 3. The Hall–Kier alpha value is -3.39. The van der Waals surface area contributed by atoms with Crippen LogP contribution in [-0.4, -0.2) is 21.8 Å². The molecule has 10 heteroatoms. The van der Waals surface area contributed by atoms with Crippen molar-refractivity contribution in [2.45, 2.75) is 19.8 Å². The molecular formula is C25H20Cl3N5O2. The van der Waals surface area contributed by atoms with Crippen molar-refractivity contribution in [3.63, 3.8) is 0 Å². The molecule has 3 heterocycles. The van der Waals surface area contributed by atoms with Gasteiger partial charge in [0.15, 0.2) is 0 Å². The summed E-state index contributed by atoms with van der Waals surface area (Å²) in [7, 11) is 0. The third-order valence-electron chi connectivity index (χ3n) is 5.39. The van der Waals surface area contributed by atoms with Gasteiger partial charge in [-0.25, -0.2) is 9.97 Å². The smallest absolute Gasteiger partial charge is 0.255 e. The molecule has 2 amide bonds. The van der Waals surface area contributed by atoms with Crippen molar-refractivity contribution in [3.8, 4) is 0 Å². The van der Waals surface area contributed by atoms with Gasteiger partial charge in [0.25, 0.3) is 11.8 Å². The van der Waals surface area contributed by atoms with E-state index in [1.54, 1.807) is 62.4 Å². The fourth-order valence-electron chi connectivity index (χ4n) is 3.85. The van der Waals surface area contributed by atoms with Crippen LogP contribution in [0.25, 0.3) is 0 Å². The normalized spacial score (nSPS) is 14.0. The number of anilines is 2. The molecule has 0 bridgehead atoms. The lowest BCUT2D eigenvalue weighted by molar-refractivity contribution is -0.113. The minimum Gasteiger partial charge on any atom is -0.362 e. The van der Waals surface area contributed by atoms with Gasteiger partial charge in [0.05, 0.1) is 10.0 Å². The van der Waals surface area contributed by atoms with E-state index in [4.69, 9.17) is 34.8 Å². The van der Waals surface area contributed by atoms with Crippen LogP contribution in [0.4, 0.5) is 11.6 Å². The minimum absolute atomic E-state index is 0.331. The molecule has 0 atom stereocenters. The molecule has 0 aliphatic carbocycles. The maximum atomic E-state index is 13.5. The summed E-state index contributed by atoms with van der Waals surface area (Å²) >= 11 is 17.9. The highest BCUT2D eigenvalue weighted by Crippen LogP contribution is 2.39. The van der Waals surface area contributed by atoms with Crippen LogP contribution in [0, 0.1) is 0 Å². The zero-order chi connectivity index (χ0) is 25.1. The third-order valence-corrected chi connectivity index (χ3v) is 6.09. The number of benzene rings is 1. The molecule has 2 aromatic heterocycles. The Bertz CT molecular complexity index is 1250. The number of nitrogens with one attached hydrogen (secondary N) is 3. The second-order valence-corrected chi connectivity index (χ2v) is 9.13. The van der Waals surface area contributed by atoms with E-state index in [1.165, 1.54) is 12.4 Å². The van der Waals surface area contributed by atoms with Gasteiger partial charge in [-0.2, -0.15) is 0 Å². The van der Waals surface area contributed by atoms with Gasteiger partial charge in [-0.15, -0.1) is 0 Å². The molecule has 1 aliphatic rings. The summed E-state index contributed by atoms with van der Waals surface area (Å²) < 4.78 is 0. The third kappa shape index (κ3) is 5.65. The second-order valence-electron chi connectivity index (χ2n) is 7.82. The number of allylic oxidation sites excluding steroid dienone is 2. The van der Waals surface area contributed by atoms with Gasteiger partial charge in [-0.05, 0) is 55.8 Å². The fraction of sp³-hybridized carbons (Fsp3) is 0.120. The number of dihydropyridines is 1. The second kappa shape index (κ2) is 10.5. The molecule has 0 unspecified atom stereocenters. The number of amides is 2. The quantitative estimate of drug-likeness (QED) is 0.380. The number of rotatable bonds is 5. The molecular weight excluding hydrogens is 509 g/mol. The average Bonchev–Trinajstić information content (AvgIpc) is 2.82. The zero-order valence-electron chi connectivity index (χ0n) is 18.7. The first-order valence-corrected chi connectivity index (χ1v) is 11.7. The molecule has 0 saturated heterocycles. The van der Waals surface area contributed by atoms with Gasteiger partial charge in [0.2, 0.25) is 0 Å². The Morgan fingerprint density at radius 3 is 1.54 bits per heavy atom. The van der Waals surface area contributed by atoms with Gasteiger partial charge in [0, 0.05) is 45.9 Å². The van der Waals surface area contributed by atoms with E-state index in [0.717, 1.165) is 5.56 Å². The van der Waals surface area contributed by atoms with Gasteiger partial charge in [0.1, 0.15) is 11.6 Å². The van der Waals surface area contributed by atoms with Gasteiger partial charge in [-0.3, -0.25) is 9.59 Å². The summed E-state index contributed by atoms with van der Waals surface area (Å²) in [6.07, 6.45) is 2.88. The van der Waals surface area contributed by atoms with Gasteiger partial charge in [-0.1, -0.05) is 46.9 Å². The molecule has 4 rings (SSSR count). The summed E-state index contributed by atoms with van der Waals surface area (Å²) in [6, 6.07) is 13.5. The zero-order valence-corrected chi connectivity index (χ0v) is 21.0. The first-order valence-electron chi connectivity index (χ1n) is 10.5. The van der Waals surface area contributed by atoms with Crippen molar-refractivity contribution < 1.29 is 9.59 Å². The van der Waals surface area contributed by atoms with E-state index in [-0.39, 0.29) is 0 Å². The van der Waals surface area contributed by atoms with Crippen LogP contribution in [-0.2, 0) is 9.59 Å². The molecule has 0 fully saturated rings. The van der Waals surface area contributed by atoms with Crippen molar-refractivity contribution in [2.24, 2.45) is 0 Å². The lowest BCUT2D eigenvalue weighted by Gasteiger charge is -2.31. The molecule has 1 aliphatic heterocycles. The predicted molar refractivity (Wildman–Crippen MR) is 138 cm³/mol. The Morgan fingerprint density at radius 2 is 1.14 bits per heavy atom. The van der Waals surface area contributed by atoms with Crippen LogP contribution in [0.1, 0.15) is 25.3 Å². The van der Waals surface area contributed by atoms with Crippen molar-refractivity contribution >= 4 is 58.3 Å². The van der Waals surface area contributed by atoms with E-state index in [2.05, 4.69) is 25.9 Å². The van der Waals surface area contributed by atoms with Crippen LogP contribution >= 0.6 is 34.8 Å². The SMILES string of the molecule is CC1=C(C(=O)Nc2ccc(Cl)cn2)C(c2ccc(Cl)cc2)C(C(=O)Nc2ccc(Cl)cn2)=C(C)N1. The topological polar surface area (TPSA) is 96.0 Å². The summed E-state index contributed by atoms with van der Waals surface area (Å²) in [5.41, 5.74) is 2.66. The molecule has 0 radical (unpaired) electrons. The highest BCUT2D eigenvalue weighted by molar-refractivity contribution is 6.31. The highest BCUT2D eigenvalue weighted by atomic mass is 35.5. The van der Waals surface area contributed by atoms with Crippen molar-refractivity contribution in [1.82, 2.24) is 15.3 Å². The van der Waals surface area contributed by atoms with Crippen molar-refractivity contribution in [2.75, 3.05) is 10.6 Å². The Balaban J connectivity index is 1.74. The molecule has 7 nitrogen and oxygen atoms in total. The van der Waals surface area contributed by atoms with Crippen LogP contribution < -0.4 is 16.0 Å². The molecule has 0 spiro atoms. The average molecular weight is 529 g/mol. The lowest BCUT2D eigenvalue weighted by atomic mass is 9.79. The van der Waals surface area contributed by atoms with Crippen molar-refractivity contribution in [1.29, 1.82) is 0 Å². The maximum Gasteiger partial charge on any atom is 0.255 e. The predicted octanol–water partition coefficient (Wildman–Crippen LogP) is 5.95. The Kier molecular flexibility index (Phi) is 7.40. The molecule has 178 valence electrons. The van der Waals surface area contributed by atoms with Gasteiger partial charge < -0.3 is 16.0 Å². The van der Waals surface area contributed by atoms with Crippen LogP contribution in [0.2, 0.25) is 15.1 Å². The minimum atomic E-state index is -0.687. The van der Waals surface area contributed by atoms with Crippen molar-refractivity contribution in [3.05, 3.63) is 104 Å². The van der Waals surface area contributed by atoms with Crippen LogP contribution in [0.15, 0.2) is 83.5 Å². The van der Waals surface area contributed by atoms with Gasteiger partial charge >= 0.3 is 0 Å². The lowest BCUT2D eigenvalue weighted by Crippen LogP contribution is -2.35. The number of nitrogens with zero attached hydrogens (tertiary/aromatic N) is 2. The highest BCUT2D eigenvalue weighted by Gasteiger charge is 2.36. The first kappa shape index (κ1) is 24.7. The number of carbonyl (C=O) groups is 2. The number of hydrogen-bond acceptors (Lipinski definition) is 5. The number of aromatic nitrogens is 2. The number of pyridine rings is 2. The van der Waals surface area contributed by atoms with E-state index in [1.807, 2.05) is 0 Å². The summed E-state index contributed by atoms with van der Waals surface area (Å²) in [5.74, 6) is -0.845. The Labute approximate surface area is 217 Å². The molecule has 0 saturated carbocycles. The molecule has 3 N–H and O–H groups in total. The number of halogens is 3. The summed E-state index contributed by atoms with van der Waals surface area (Å²) in [4.78, 5) is 35.3. The standard InChI is InChI=1S/C25H20Cl3N5O2/c1-13-21(24(34)32-19-9-7-17(27)11-29-19)23(15-3-5-16(26)6-4-15)22(14(2)31-13)25(35)33-20-10-8-18(28)12-30-20/h3-12,23,31H,1-2H3,(H,29,32,34)(H,30,33,35). The first-order chi connectivity index (χ1) is 16.7.